The van der Waals surface area contributed by atoms with Gasteiger partial charge < -0.3 is 111 Å². The lowest BCUT2D eigenvalue weighted by Crippen LogP contribution is -2.52. The predicted molar refractivity (Wildman–Crippen MR) is 448 cm³/mol. The zero-order valence-electron chi connectivity index (χ0n) is 82.7. The number of carbonyl (C=O) groups is 1. The van der Waals surface area contributed by atoms with Crippen LogP contribution in [0.25, 0.3) is 4.85 Å². The van der Waals surface area contributed by atoms with Crippen LogP contribution in [0.4, 0.5) is 4.39 Å². The first-order chi connectivity index (χ1) is 57.5. The summed E-state index contributed by atoms with van der Waals surface area (Å²) in [7, 11) is 5.10. The molecular weight excluding hydrogens is 1570 g/mol. The number of aliphatic hydroxyl groups excluding tert-OH is 7. The monoisotopic (exact) mass is 1740 g/mol. The number of alkyl halides is 2. The molecule has 13 aliphatic heterocycles. The molecule has 0 aromatic rings. The SMILES string of the molecule is C.C.CC[C@@]1([C@H](C)O)O[C@@H]2OC(C)(C)O[C@@H]2[C@@H]1OC.[2H]C([3H])Cl.[2H]CF.[2H]C[C@]12O[C@H]([3H])[C@H](S[C@@H]1C)[C@@H]2O.[2H]C[C@]12O[C@H]([3H])[C@H](S[C@@H]1C)[C@@H]2OP(OCC[N+]#[C-])N(C(C)C)C(C)C.[2H][2H].[3H]OC.[3H]OC.[3H][C@@H]1O[C@@](CC)(C(C)C)[C@@H](OC)[C@H]1OC(C)=O.[3H][C@@H]1O[C@@]2(CC)C(C)S[C@@H]1[C@@H]2OC.[3H][C@@H]1O[C@@]2(CC)[C@@H](C)S[C@@H]1[C@@H]2O.[3H][C@@H]1O[C@@]2(CO)[C@@H](C)S[C@@H]1[C@@H]2O. The fourth-order valence-corrected chi connectivity index (χ4v) is 25.0. The van der Waals surface area contributed by atoms with Crippen molar-refractivity contribution in [3.63, 3.8) is 0 Å². The van der Waals surface area contributed by atoms with Crippen LogP contribution in [0.15, 0.2) is 0 Å². The summed E-state index contributed by atoms with van der Waals surface area (Å²) in [5.74, 6) is -0.885. The Kier molecular flexibility index (Phi) is 37.5. The summed E-state index contributed by atoms with van der Waals surface area (Å²) in [6, 6.07) is 0.450. The highest BCUT2D eigenvalue weighted by Gasteiger charge is 2.66. The second-order valence-corrected chi connectivity index (χ2v) is 37.9. The highest BCUT2D eigenvalue weighted by atomic mass is 35.5. The molecule has 13 fully saturated rings. The van der Waals surface area contributed by atoms with Crippen LogP contribution in [0.3, 0.4) is 0 Å². The molecule has 0 aliphatic carbocycles. The van der Waals surface area contributed by atoms with Crippen LogP contribution >= 0.6 is 78.9 Å². The van der Waals surface area contributed by atoms with Gasteiger partial charge in [0.25, 0.3) is 8.53 Å². The number of methoxy groups -OCH3 is 3. The average molecular weight is 1740 g/mol. The minimum absolute atomic E-state index is 0. The molecule has 3 unspecified atom stereocenters. The van der Waals surface area contributed by atoms with Crippen LogP contribution in [0.5, 0.6) is 0 Å². The summed E-state index contributed by atoms with van der Waals surface area (Å²) in [6.45, 7) is 41.1. The average Bonchev–Trinajstić information content (AvgIpc) is 1.56. The van der Waals surface area contributed by atoms with Gasteiger partial charge in [-0.05, 0) is 93.9 Å². The molecule has 0 amide bonds. The Morgan fingerprint density at radius 2 is 1.11 bits per heavy atom. The molecule has 656 valence electrons. The van der Waals surface area contributed by atoms with E-state index in [1.807, 2.05) is 81.0 Å². The first-order valence-corrected chi connectivity index (χ1v) is 42.9. The number of fused-ring (bicyclic) bond motifs is 11. The van der Waals surface area contributed by atoms with Gasteiger partial charge in [-0.1, -0.05) is 91.0 Å². The van der Waals surface area contributed by atoms with Crippen molar-refractivity contribution in [1.29, 1.82) is 2.86 Å². The topological polar surface area (TPSA) is 305 Å². The fraction of sp³-hybridized carbons (Fsp3) is 0.974. The van der Waals surface area contributed by atoms with Crippen molar-refractivity contribution in [2.45, 2.75) is 363 Å². The van der Waals surface area contributed by atoms with Crippen LogP contribution in [0.2, 0.25) is 0 Å². The Morgan fingerprint density at radius 3 is 1.50 bits per heavy atom. The van der Waals surface area contributed by atoms with Gasteiger partial charge in [-0.3, -0.25) is 9.18 Å². The van der Waals surface area contributed by atoms with E-state index in [-0.39, 0.29) is 131 Å². The van der Waals surface area contributed by atoms with Crippen LogP contribution in [-0.2, 0) is 75.4 Å². The molecule has 7 N–H and O–H groups in total. The molecule has 10 bridgehead atoms. The molecule has 0 aromatic heterocycles. The number of nitrogens with zero attached hydrogens (tertiary/aromatic N) is 2. The summed E-state index contributed by atoms with van der Waals surface area (Å²) >= 11 is 12.9. The van der Waals surface area contributed by atoms with Crippen molar-refractivity contribution < 1.29 is 134 Å². The molecule has 13 rings (SSSR count). The molecule has 110 heavy (non-hydrogen) atoms. The number of hydrogen-bond acceptors (Lipinski definition) is 29. The second-order valence-electron chi connectivity index (χ2n) is 28.8. The largest absolute Gasteiger partial charge is 0.457 e. The van der Waals surface area contributed by atoms with Crippen LogP contribution < -0.4 is 0 Å². The van der Waals surface area contributed by atoms with Crippen LogP contribution in [-0.4, -0.2) is 334 Å². The first kappa shape index (κ1) is 85.5. The van der Waals surface area contributed by atoms with E-state index in [2.05, 4.69) is 79.8 Å². The lowest BCUT2D eigenvalue weighted by molar-refractivity contribution is -0.259. The molecule has 0 radical (unpaired) electrons. The Labute approximate surface area is 711 Å². The lowest BCUT2D eigenvalue weighted by atomic mass is 9.82. The maximum Gasteiger partial charge on any atom is 0.303 e. The van der Waals surface area contributed by atoms with E-state index >= 15 is 0 Å². The Hall–Kier alpha value is 0.480. The summed E-state index contributed by atoms with van der Waals surface area (Å²) in [4.78, 5) is 14.4. The van der Waals surface area contributed by atoms with Crippen molar-refractivity contribution in [3.8, 4) is 0 Å². The minimum Gasteiger partial charge on any atom is -0.457 e. The lowest BCUT2D eigenvalue weighted by Gasteiger charge is -2.38. The van der Waals surface area contributed by atoms with E-state index < -0.39 is 144 Å². The molecule has 13 aliphatic rings. The highest BCUT2D eigenvalue weighted by Crippen LogP contribution is 2.59. The Morgan fingerprint density at radius 1 is 0.682 bits per heavy atom. The maximum atomic E-state index is 11.1. The third-order valence-corrected chi connectivity index (χ3v) is 31.4. The van der Waals surface area contributed by atoms with Gasteiger partial charge in [-0.25, -0.2) is 11.2 Å². The summed E-state index contributed by atoms with van der Waals surface area (Å²) < 4.78 is 198. The number of thioether (sulfide) groups is 5. The summed E-state index contributed by atoms with van der Waals surface area (Å²) in [5.41, 5.74) is -4.31. The van der Waals surface area contributed by atoms with Crippen molar-refractivity contribution in [3.05, 3.63) is 11.4 Å². The standard InChI is InChI=1S/C16H29N2O3PS.C12H22O5.C12H22O4.C9H16O2S.C8H14O2S.C7H12O3S.C7H12O2S.CH3Cl.CH3F.2CH4O.2CH4.H2/c1-11(2)18(12(3)4)22(20-9-8-17-7)21-15-14-10-19-16(15,6)13(5)23-14;1-6-12(7(2)13)9(14-5)8-10(17-12)16-11(3,4)15-8;1-6-12(8(2)3)11(14-5)10(7-15-12)16-9(4)13;1-4-9-6(2)12-7(5-11-9)8(9)10-3;1-3-8-5(2)11-6(4-10-8)7(8)9;1-4-7(3-8)6(9)5(11-4)2-10-7;1-4-7(2)6(8)5(10-4)3-9-7;4*1-2;;;/h11-15H,8-10H2,1-6H3;7-10,13H,6H2,1-5H3;8,10-11H,6-7H2,1-5H3;6-8H,4-5H2,1-3H3;5-7,9H,3-4H2,1-2H3;4-6,8-9H,2-3H2,1H3;4-6,8H,3H2,1-2H3;2*1H3;2*2H,1H3;2*1H4;1H/t13-,14+,15+,16+,22?;7-,8+,9-,10-,12-;10-,11-,12-;6?,7-,8-,9-;5-,6+,7+,8+;2*4-,5+,6+,7+;;;;;;;/m1000111......./s1/i6D,10T;;7T;5T;4T;2T;2D,3T;1TD;1D;2*2T;;;1+1D/t10-,13-,14+,15+,16+,22?;;7-,10-,11-,12-;5-,6?,7-,8-,9-;4-,5+,6-,7-,8-;2-,4+,5-,6-,7-;3-,4-,5+,6+,7+;;;;;;;/m1.00001........ The number of ether oxygens (including phenoxy) is 13. The summed E-state index contributed by atoms with van der Waals surface area (Å²) in [6.07, 6.45) is -2.83. The molecule has 25 nitrogen and oxygen atoms in total. The summed E-state index contributed by atoms with van der Waals surface area (Å²) in [5, 5.41) is 56.2. The maximum absolute atomic E-state index is 11.1. The molecule has 0 aromatic carbocycles. The van der Waals surface area contributed by atoms with Gasteiger partial charge in [0, 0.05) is 95.6 Å². The first-order valence-electron chi connectivity index (χ1n) is 45.2. The van der Waals surface area contributed by atoms with Crippen molar-refractivity contribution in [1.82, 2.24) is 4.67 Å². The molecule has 0 saturated carbocycles. The normalized spacial score (nSPS) is 47.7. The van der Waals surface area contributed by atoms with Gasteiger partial charge in [0.1, 0.15) is 82.4 Å². The number of esters is 1. The van der Waals surface area contributed by atoms with E-state index in [1.165, 1.54) is 32.9 Å². The van der Waals surface area contributed by atoms with Gasteiger partial charge in [0.15, 0.2) is 18.2 Å². The van der Waals surface area contributed by atoms with Gasteiger partial charge in [-0.15, -0.1) is 70.4 Å². The number of hydrogen-bond donors (Lipinski definition) is 7. The number of carbonyl (C=O) groups excluding carboxylic acids is 1. The van der Waals surface area contributed by atoms with Crippen LogP contribution in [0.1, 0.15) is 204 Å². The van der Waals surface area contributed by atoms with Crippen molar-refractivity contribution in [2.24, 2.45) is 5.92 Å². The molecule has 36 atom stereocenters. The van der Waals surface area contributed by atoms with Crippen LogP contribution in [0, 0.1) is 12.5 Å². The molecular formula is C77H151ClFN2O23PS5. The van der Waals surface area contributed by atoms with Gasteiger partial charge in [0.2, 0.25) is 9.41 Å². The third-order valence-electron chi connectivity index (χ3n) is 21.8. The quantitative estimate of drug-likeness (QED) is 0.0208. The van der Waals surface area contributed by atoms with E-state index in [1.54, 1.807) is 63.5 Å². The molecule has 13 saturated heterocycles. The number of halogens is 2. The minimum atomic E-state index is -1.38. The van der Waals surface area contributed by atoms with E-state index in [4.69, 9.17) is 103 Å². The van der Waals surface area contributed by atoms with Crippen molar-refractivity contribution in [2.75, 3.05) is 108 Å². The Bertz CT molecular complexity index is 2960. The van der Waals surface area contributed by atoms with Gasteiger partial charge >= 0.3 is 5.97 Å². The smallest absolute Gasteiger partial charge is 0.303 e. The molecule has 33 heteroatoms. The highest BCUT2D eigenvalue weighted by molar-refractivity contribution is 8.02. The second kappa shape index (κ2) is 48.2. The van der Waals surface area contributed by atoms with Gasteiger partial charge in [0.05, 0.1) is 107 Å². The predicted octanol–water partition coefficient (Wildman–Crippen LogP) is 11.9. The zero-order valence-corrected chi connectivity index (χ0v) is 73.4. The van der Waals surface area contributed by atoms with E-state index in [0.717, 1.165) is 19.3 Å². The number of aliphatic hydroxyl groups is 7. The van der Waals surface area contributed by atoms with Gasteiger partial charge in [-0.2, -0.15) is 0 Å². The zero-order chi connectivity index (χ0) is 95.0. The molecule has 13 heterocycles. The number of rotatable bonds is 19. The fourth-order valence-electron chi connectivity index (χ4n) is 15.5. The molecule has 0 spiro atoms. The Balaban J connectivity index is 0.00000141. The van der Waals surface area contributed by atoms with E-state index in [9.17, 15) is 29.6 Å². The third kappa shape index (κ3) is 23.0. The van der Waals surface area contributed by atoms with E-state index in [0.29, 0.717) is 30.1 Å². The van der Waals surface area contributed by atoms with Crippen molar-refractivity contribution >= 4 is 84.9 Å².